The van der Waals surface area contributed by atoms with E-state index < -0.39 is 5.91 Å². The number of aryl methyl sites for hydroxylation is 2. The summed E-state index contributed by atoms with van der Waals surface area (Å²) in [6.45, 7) is 3.62. The van der Waals surface area contributed by atoms with Crippen molar-refractivity contribution < 1.29 is 9.21 Å². The Balaban J connectivity index is 1.72. The Labute approximate surface area is 131 Å². The van der Waals surface area contributed by atoms with Crippen molar-refractivity contribution in [2.75, 3.05) is 0 Å². The molecule has 0 saturated heterocycles. The SMILES string of the molecule is Cc1cn2nnc(C(=O)NC(C)CCc3ccco3)c2c(=O)[nH]1. The molecule has 0 radical (unpaired) electrons. The van der Waals surface area contributed by atoms with E-state index in [1.54, 1.807) is 19.4 Å². The van der Waals surface area contributed by atoms with E-state index in [0.29, 0.717) is 12.1 Å². The highest BCUT2D eigenvalue weighted by atomic mass is 16.3. The van der Waals surface area contributed by atoms with Crippen LogP contribution in [0.25, 0.3) is 5.52 Å². The molecule has 1 amide bonds. The Morgan fingerprint density at radius 1 is 1.52 bits per heavy atom. The fourth-order valence-corrected chi connectivity index (χ4v) is 2.38. The molecule has 23 heavy (non-hydrogen) atoms. The molecule has 8 heteroatoms. The maximum atomic E-state index is 12.3. The number of fused-ring (bicyclic) bond motifs is 1. The van der Waals surface area contributed by atoms with E-state index in [2.05, 4.69) is 20.6 Å². The Hall–Kier alpha value is -2.90. The summed E-state index contributed by atoms with van der Waals surface area (Å²) < 4.78 is 6.58. The molecular formula is C15H17N5O3. The molecule has 3 aromatic heterocycles. The zero-order valence-corrected chi connectivity index (χ0v) is 12.9. The van der Waals surface area contributed by atoms with Gasteiger partial charge in [-0.05, 0) is 32.4 Å². The number of nitrogens with one attached hydrogen (secondary N) is 2. The van der Waals surface area contributed by atoms with Crippen LogP contribution in [-0.4, -0.2) is 31.8 Å². The van der Waals surface area contributed by atoms with Crippen molar-refractivity contribution in [2.45, 2.75) is 32.7 Å². The molecule has 1 atom stereocenters. The van der Waals surface area contributed by atoms with Crippen molar-refractivity contribution in [3.8, 4) is 0 Å². The first kappa shape index (κ1) is 15.0. The van der Waals surface area contributed by atoms with Crippen LogP contribution in [-0.2, 0) is 6.42 Å². The van der Waals surface area contributed by atoms with E-state index >= 15 is 0 Å². The second-order valence-corrected chi connectivity index (χ2v) is 5.49. The number of amides is 1. The summed E-state index contributed by atoms with van der Waals surface area (Å²) in [7, 11) is 0. The molecule has 0 aromatic carbocycles. The van der Waals surface area contributed by atoms with E-state index in [4.69, 9.17) is 4.42 Å². The van der Waals surface area contributed by atoms with Gasteiger partial charge in [-0.2, -0.15) is 0 Å². The van der Waals surface area contributed by atoms with Gasteiger partial charge in [0.2, 0.25) is 0 Å². The minimum Gasteiger partial charge on any atom is -0.469 e. The van der Waals surface area contributed by atoms with Gasteiger partial charge in [0.1, 0.15) is 5.76 Å². The molecule has 0 aliphatic heterocycles. The third kappa shape index (κ3) is 3.15. The Morgan fingerprint density at radius 3 is 3.09 bits per heavy atom. The lowest BCUT2D eigenvalue weighted by atomic mass is 10.1. The van der Waals surface area contributed by atoms with Gasteiger partial charge in [0.05, 0.1) is 12.5 Å². The molecule has 0 spiro atoms. The number of hydrogen-bond acceptors (Lipinski definition) is 5. The van der Waals surface area contributed by atoms with Crippen molar-refractivity contribution in [1.82, 2.24) is 25.1 Å². The number of rotatable bonds is 5. The van der Waals surface area contributed by atoms with Crippen molar-refractivity contribution in [3.63, 3.8) is 0 Å². The largest absolute Gasteiger partial charge is 0.469 e. The smallest absolute Gasteiger partial charge is 0.276 e. The number of furan rings is 1. The zero-order chi connectivity index (χ0) is 16.4. The molecule has 1 unspecified atom stereocenters. The third-order valence-corrected chi connectivity index (χ3v) is 3.53. The van der Waals surface area contributed by atoms with Crippen LogP contribution in [0.15, 0.2) is 33.8 Å². The Kier molecular flexibility index (Phi) is 3.96. The monoisotopic (exact) mass is 315 g/mol. The van der Waals surface area contributed by atoms with Gasteiger partial charge in [-0.25, -0.2) is 4.52 Å². The van der Waals surface area contributed by atoms with E-state index in [9.17, 15) is 9.59 Å². The normalized spacial score (nSPS) is 12.4. The second-order valence-electron chi connectivity index (χ2n) is 5.49. The van der Waals surface area contributed by atoms with E-state index in [-0.39, 0.29) is 22.8 Å². The number of aromatic amines is 1. The van der Waals surface area contributed by atoms with Gasteiger partial charge >= 0.3 is 0 Å². The van der Waals surface area contributed by atoms with Gasteiger partial charge < -0.3 is 14.7 Å². The van der Waals surface area contributed by atoms with Crippen LogP contribution in [0.4, 0.5) is 0 Å². The molecular weight excluding hydrogens is 298 g/mol. The second kappa shape index (κ2) is 6.07. The van der Waals surface area contributed by atoms with Crippen LogP contribution in [0.1, 0.15) is 35.3 Å². The first-order valence-electron chi connectivity index (χ1n) is 7.33. The Bertz CT molecular complexity index is 878. The summed E-state index contributed by atoms with van der Waals surface area (Å²) in [5.74, 6) is 0.452. The molecule has 2 N–H and O–H groups in total. The highest BCUT2D eigenvalue weighted by Crippen LogP contribution is 2.07. The van der Waals surface area contributed by atoms with Gasteiger partial charge in [0.15, 0.2) is 11.2 Å². The number of nitrogens with zero attached hydrogens (tertiary/aromatic N) is 3. The third-order valence-electron chi connectivity index (χ3n) is 3.53. The maximum absolute atomic E-state index is 12.3. The molecule has 3 rings (SSSR count). The van der Waals surface area contributed by atoms with Crippen molar-refractivity contribution in [3.05, 3.63) is 52.1 Å². The molecule has 120 valence electrons. The van der Waals surface area contributed by atoms with E-state index in [1.807, 2.05) is 19.1 Å². The van der Waals surface area contributed by atoms with Gasteiger partial charge in [-0.3, -0.25) is 9.59 Å². The minimum absolute atomic E-state index is 0.0242. The predicted molar refractivity (Wildman–Crippen MR) is 82.3 cm³/mol. The quantitative estimate of drug-likeness (QED) is 0.732. The van der Waals surface area contributed by atoms with Gasteiger partial charge in [-0.15, -0.1) is 5.10 Å². The molecule has 0 saturated carbocycles. The summed E-state index contributed by atoms with van der Waals surface area (Å²) in [5, 5.41) is 10.5. The van der Waals surface area contributed by atoms with Crippen LogP contribution in [0.2, 0.25) is 0 Å². The standard InChI is InChI=1S/C15H17N5O3/c1-9(5-6-11-4-3-7-23-11)16-14(21)12-13-15(22)17-10(2)8-20(13)19-18-12/h3-4,7-9H,5-6H2,1-2H3,(H,16,21)(H,17,22). The number of H-pyrrole nitrogens is 1. The molecule has 0 bridgehead atoms. The topological polar surface area (TPSA) is 105 Å². The molecule has 0 aliphatic carbocycles. The minimum atomic E-state index is -0.415. The van der Waals surface area contributed by atoms with Crippen LogP contribution < -0.4 is 10.9 Å². The summed E-state index contributed by atoms with van der Waals surface area (Å²) in [4.78, 5) is 27.0. The maximum Gasteiger partial charge on any atom is 0.276 e. The highest BCUT2D eigenvalue weighted by molar-refractivity contribution is 5.98. The van der Waals surface area contributed by atoms with E-state index in [0.717, 1.165) is 12.2 Å². The van der Waals surface area contributed by atoms with E-state index in [1.165, 1.54) is 4.52 Å². The van der Waals surface area contributed by atoms with Crippen LogP contribution in [0.3, 0.4) is 0 Å². The fourth-order valence-electron chi connectivity index (χ4n) is 2.38. The fraction of sp³-hybridized carbons (Fsp3) is 0.333. The first-order chi connectivity index (χ1) is 11.0. The van der Waals surface area contributed by atoms with Crippen molar-refractivity contribution in [2.24, 2.45) is 0 Å². The molecule has 0 aliphatic rings. The van der Waals surface area contributed by atoms with Crippen LogP contribution >= 0.6 is 0 Å². The average Bonchev–Trinajstić information content (AvgIpc) is 3.13. The number of aromatic nitrogens is 4. The summed E-state index contributed by atoms with van der Waals surface area (Å²) in [5.41, 5.74) is 0.428. The number of carbonyl (C=O) groups is 1. The highest BCUT2D eigenvalue weighted by Gasteiger charge is 2.19. The summed E-state index contributed by atoms with van der Waals surface area (Å²) in [6, 6.07) is 3.63. The van der Waals surface area contributed by atoms with Gasteiger partial charge in [-0.1, -0.05) is 5.21 Å². The van der Waals surface area contributed by atoms with Crippen molar-refractivity contribution >= 4 is 11.4 Å². The molecule has 3 heterocycles. The number of hydrogen-bond donors (Lipinski definition) is 2. The zero-order valence-electron chi connectivity index (χ0n) is 12.9. The van der Waals surface area contributed by atoms with Crippen LogP contribution in [0, 0.1) is 6.92 Å². The van der Waals surface area contributed by atoms with Crippen LogP contribution in [0.5, 0.6) is 0 Å². The predicted octanol–water partition coefficient (Wildman–Crippen LogP) is 1.07. The van der Waals surface area contributed by atoms with Crippen molar-refractivity contribution in [1.29, 1.82) is 0 Å². The summed E-state index contributed by atoms with van der Waals surface area (Å²) >= 11 is 0. The lowest BCUT2D eigenvalue weighted by molar-refractivity contribution is 0.0934. The average molecular weight is 315 g/mol. The molecule has 3 aromatic rings. The van der Waals surface area contributed by atoms with Gasteiger partial charge in [0.25, 0.3) is 11.5 Å². The molecule has 0 fully saturated rings. The van der Waals surface area contributed by atoms with Gasteiger partial charge in [0, 0.05) is 18.2 Å². The first-order valence-corrected chi connectivity index (χ1v) is 7.33. The molecule has 8 nitrogen and oxygen atoms in total. The lowest BCUT2D eigenvalue weighted by Gasteiger charge is -2.11. The lowest BCUT2D eigenvalue weighted by Crippen LogP contribution is -2.33. The Morgan fingerprint density at radius 2 is 2.35 bits per heavy atom. The number of carbonyl (C=O) groups excluding carboxylic acids is 1. The summed E-state index contributed by atoms with van der Waals surface area (Å²) in [6.07, 6.45) is 4.67.